The van der Waals surface area contributed by atoms with E-state index in [4.69, 9.17) is 5.26 Å². The van der Waals surface area contributed by atoms with Crippen LogP contribution in [-0.2, 0) is 6.54 Å². The van der Waals surface area contributed by atoms with Gasteiger partial charge in [-0.3, -0.25) is 0 Å². The summed E-state index contributed by atoms with van der Waals surface area (Å²) in [5, 5.41) is 12.2. The Morgan fingerprint density at radius 1 is 1.42 bits per heavy atom. The number of nitrogens with one attached hydrogen (secondary N) is 1. The fourth-order valence-corrected chi connectivity index (χ4v) is 2.45. The van der Waals surface area contributed by atoms with Crippen molar-refractivity contribution < 1.29 is 4.39 Å². The summed E-state index contributed by atoms with van der Waals surface area (Å²) in [4.78, 5) is 2.36. The predicted molar refractivity (Wildman–Crippen MR) is 73.0 cm³/mol. The van der Waals surface area contributed by atoms with Crippen molar-refractivity contribution in [2.75, 3.05) is 26.7 Å². The lowest BCUT2D eigenvalue weighted by atomic mass is 9.97. The second-order valence-corrected chi connectivity index (χ2v) is 5.30. The largest absolute Gasteiger partial charge is 0.312 e. The molecule has 102 valence electrons. The molecule has 0 aromatic heterocycles. The van der Waals surface area contributed by atoms with E-state index in [0.717, 1.165) is 18.0 Å². The maximum absolute atomic E-state index is 13.2. The first kappa shape index (κ1) is 14.0. The summed E-state index contributed by atoms with van der Waals surface area (Å²) in [7, 11) is 2.16. The molecule has 3 nitrogen and oxygen atoms in total. The Hall–Kier alpha value is -1.44. The highest BCUT2D eigenvalue weighted by Gasteiger charge is 2.15. The summed E-state index contributed by atoms with van der Waals surface area (Å²) in [5.74, 6) is 0.286. The van der Waals surface area contributed by atoms with Gasteiger partial charge in [0.1, 0.15) is 11.9 Å². The SMILES string of the molecule is CN1CCC(CNCc2ccc(F)c(C#N)c2)CC1. The Labute approximate surface area is 114 Å². The molecule has 0 aliphatic carbocycles. The van der Waals surface area contributed by atoms with Crippen LogP contribution < -0.4 is 5.32 Å². The molecule has 2 rings (SSSR count). The third-order valence-corrected chi connectivity index (χ3v) is 3.75. The van der Waals surface area contributed by atoms with Crippen LogP contribution in [0.5, 0.6) is 0 Å². The molecular formula is C15H20FN3. The number of likely N-dealkylation sites (tertiary alicyclic amines) is 1. The van der Waals surface area contributed by atoms with Crippen LogP contribution in [0.3, 0.4) is 0 Å². The molecule has 0 unspecified atom stereocenters. The Kier molecular flexibility index (Phi) is 4.89. The topological polar surface area (TPSA) is 39.1 Å². The zero-order valence-electron chi connectivity index (χ0n) is 11.3. The van der Waals surface area contributed by atoms with E-state index in [0.29, 0.717) is 6.54 Å². The van der Waals surface area contributed by atoms with Gasteiger partial charge in [-0.25, -0.2) is 4.39 Å². The Balaban J connectivity index is 1.78. The summed E-state index contributed by atoms with van der Waals surface area (Å²) in [6.45, 7) is 4.03. The van der Waals surface area contributed by atoms with Crippen LogP contribution in [0.4, 0.5) is 4.39 Å². The van der Waals surface area contributed by atoms with Gasteiger partial charge in [0.25, 0.3) is 0 Å². The first-order valence-electron chi connectivity index (χ1n) is 6.77. The monoisotopic (exact) mass is 261 g/mol. The number of rotatable bonds is 4. The molecule has 0 radical (unpaired) electrons. The molecule has 4 heteroatoms. The first-order chi connectivity index (χ1) is 9.19. The maximum Gasteiger partial charge on any atom is 0.140 e. The van der Waals surface area contributed by atoms with Gasteiger partial charge >= 0.3 is 0 Å². The summed E-state index contributed by atoms with van der Waals surface area (Å²) in [6, 6.07) is 6.59. The van der Waals surface area contributed by atoms with Crippen molar-refractivity contribution >= 4 is 0 Å². The van der Waals surface area contributed by atoms with E-state index in [1.54, 1.807) is 12.1 Å². The van der Waals surface area contributed by atoms with E-state index >= 15 is 0 Å². The van der Waals surface area contributed by atoms with Crippen molar-refractivity contribution in [2.45, 2.75) is 19.4 Å². The van der Waals surface area contributed by atoms with E-state index in [2.05, 4.69) is 17.3 Å². The van der Waals surface area contributed by atoms with E-state index in [9.17, 15) is 4.39 Å². The molecule has 1 aromatic rings. The zero-order chi connectivity index (χ0) is 13.7. The number of piperidine rings is 1. The zero-order valence-corrected chi connectivity index (χ0v) is 11.3. The van der Waals surface area contributed by atoms with E-state index in [-0.39, 0.29) is 5.56 Å². The number of hydrogen-bond donors (Lipinski definition) is 1. The molecule has 0 saturated carbocycles. The lowest BCUT2D eigenvalue weighted by Gasteiger charge is -2.29. The third kappa shape index (κ3) is 4.02. The number of benzene rings is 1. The molecule has 1 aliphatic rings. The van der Waals surface area contributed by atoms with Crippen LogP contribution in [0.15, 0.2) is 18.2 Å². The summed E-state index contributed by atoms with van der Waals surface area (Å²) in [6.07, 6.45) is 2.47. The van der Waals surface area contributed by atoms with Crippen LogP contribution in [0.2, 0.25) is 0 Å². The Morgan fingerprint density at radius 3 is 2.84 bits per heavy atom. The van der Waals surface area contributed by atoms with Gasteiger partial charge in [-0.15, -0.1) is 0 Å². The van der Waals surface area contributed by atoms with Crippen molar-refractivity contribution in [1.82, 2.24) is 10.2 Å². The standard InChI is InChI=1S/C15H20FN3/c1-19-6-4-12(5-7-19)10-18-11-13-2-3-15(16)14(8-13)9-17/h2-3,8,12,18H,4-7,10-11H2,1H3. The molecule has 1 aromatic carbocycles. The smallest absolute Gasteiger partial charge is 0.140 e. The molecule has 0 bridgehead atoms. The minimum absolute atomic E-state index is 0.124. The Morgan fingerprint density at radius 2 is 2.16 bits per heavy atom. The second kappa shape index (κ2) is 6.65. The van der Waals surface area contributed by atoms with Gasteiger partial charge in [0, 0.05) is 6.54 Å². The number of halogens is 1. The molecular weight excluding hydrogens is 241 g/mol. The number of nitriles is 1. The highest BCUT2D eigenvalue weighted by molar-refractivity contribution is 5.34. The lowest BCUT2D eigenvalue weighted by Crippen LogP contribution is -2.34. The molecule has 1 aliphatic heterocycles. The quantitative estimate of drug-likeness (QED) is 0.902. The van der Waals surface area contributed by atoms with Crippen LogP contribution in [-0.4, -0.2) is 31.6 Å². The van der Waals surface area contributed by atoms with E-state index in [1.807, 2.05) is 6.07 Å². The average molecular weight is 261 g/mol. The lowest BCUT2D eigenvalue weighted by molar-refractivity contribution is 0.216. The van der Waals surface area contributed by atoms with Crippen molar-refractivity contribution in [1.29, 1.82) is 5.26 Å². The predicted octanol–water partition coefficient (Wildman–Crippen LogP) is 2.13. The number of nitrogens with zero attached hydrogens (tertiary/aromatic N) is 2. The summed E-state index contributed by atoms with van der Waals surface area (Å²) >= 11 is 0. The van der Waals surface area contributed by atoms with Crippen LogP contribution >= 0.6 is 0 Å². The third-order valence-electron chi connectivity index (χ3n) is 3.75. The number of hydrogen-bond acceptors (Lipinski definition) is 3. The molecule has 0 spiro atoms. The van der Waals surface area contributed by atoms with Gasteiger partial charge in [0.15, 0.2) is 0 Å². The summed E-state index contributed by atoms with van der Waals surface area (Å²) in [5.41, 5.74) is 1.09. The van der Waals surface area contributed by atoms with Crippen molar-refractivity contribution in [3.8, 4) is 6.07 Å². The highest BCUT2D eigenvalue weighted by atomic mass is 19.1. The molecule has 19 heavy (non-hydrogen) atoms. The van der Waals surface area contributed by atoms with E-state index in [1.165, 1.54) is 32.0 Å². The van der Waals surface area contributed by atoms with Crippen LogP contribution in [0, 0.1) is 23.1 Å². The molecule has 0 amide bonds. The average Bonchev–Trinajstić information content (AvgIpc) is 2.43. The molecule has 0 atom stereocenters. The van der Waals surface area contributed by atoms with Gasteiger partial charge < -0.3 is 10.2 Å². The van der Waals surface area contributed by atoms with Crippen LogP contribution in [0.25, 0.3) is 0 Å². The maximum atomic E-state index is 13.2. The van der Waals surface area contributed by atoms with Gasteiger partial charge in [0.2, 0.25) is 0 Å². The summed E-state index contributed by atoms with van der Waals surface area (Å²) < 4.78 is 13.2. The van der Waals surface area contributed by atoms with E-state index < -0.39 is 5.82 Å². The highest BCUT2D eigenvalue weighted by Crippen LogP contribution is 2.15. The first-order valence-corrected chi connectivity index (χ1v) is 6.77. The minimum atomic E-state index is -0.443. The minimum Gasteiger partial charge on any atom is -0.312 e. The fourth-order valence-electron chi connectivity index (χ4n) is 2.45. The normalized spacial score (nSPS) is 17.3. The Bertz CT molecular complexity index is 459. The molecule has 1 fully saturated rings. The van der Waals surface area contributed by atoms with Gasteiger partial charge in [-0.2, -0.15) is 5.26 Å². The van der Waals surface area contributed by atoms with Gasteiger partial charge in [0.05, 0.1) is 5.56 Å². The molecule has 1 saturated heterocycles. The molecule has 1 heterocycles. The molecule has 1 N–H and O–H groups in total. The van der Waals surface area contributed by atoms with Crippen molar-refractivity contribution in [2.24, 2.45) is 5.92 Å². The van der Waals surface area contributed by atoms with Crippen LogP contribution in [0.1, 0.15) is 24.0 Å². The van der Waals surface area contributed by atoms with Crippen molar-refractivity contribution in [3.05, 3.63) is 35.1 Å². The van der Waals surface area contributed by atoms with Gasteiger partial charge in [-0.1, -0.05) is 6.07 Å². The van der Waals surface area contributed by atoms with Crippen molar-refractivity contribution in [3.63, 3.8) is 0 Å². The second-order valence-electron chi connectivity index (χ2n) is 5.30. The van der Waals surface area contributed by atoms with Gasteiger partial charge in [-0.05, 0) is 63.1 Å². The fraction of sp³-hybridized carbons (Fsp3) is 0.533.